The summed E-state index contributed by atoms with van der Waals surface area (Å²) in [4.78, 5) is 46.9. The van der Waals surface area contributed by atoms with E-state index in [2.05, 4.69) is 15.3 Å². The number of hydrogen-bond donors (Lipinski definition) is 1. The highest BCUT2D eigenvalue weighted by atomic mass is 16.5. The Bertz CT molecular complexity index is 910. The van der Waals surface area contributed by atoms with Crippen molar-refractivity contribution in [1.82, 2.24) is 14.9 Å². The summed E-state index contributed by atoms with van der Waals surface area (Å²) in [6.07, 6.45) is 8.45. The van der Waals surface area contributed by atoms with Crippen LogP contribution in [0.15, 0.2) is 42.9 Å². The average Bonchev–Trinajstić information content (AvgIpc) is 3.02. The molecule has 0 aromatic carbocycles. The zero-order valence-electron chi connectivity index (χ0n) is 16.6. The second-order valence-corrected chi connectivity index (χ2v) is 7.62. The Morgan fingerprint density at radius 3 is 2.47 bits per heavy atom. The minimum Gasteiger partial charge on any atom is -0.485 e. The average molecular weight is 408 g/mol. The smallest absolute Gasteiger partial charge is 0.233 e. The first kappa shape index (κ1) is 20.0. The van der Waals surface area contributed by atoms with Crippen LogP contribution in [0.2, 0.25) is 0 Å². The van der Waals surface area contributed by atoms with Gasteiger partial charge in [-0.2, -0.15) is 0 Å². The fourth-order valence-electron chi connectivity index (χ4n) is 4.10. The largest absolute Gasteiger partial charge is 0.485 e. The number of nitrogens with zero attached hydrogens (tertiary/aromatic N) is 3. The van der Waals surface area contributed by atoms with Gasteiger partial charge in [-0.1, -0.05) is 12.8 Å². The number of anilines is 1. The predicted octanol–water partition coefficient (Wildman–Crippen LogP) is 2.56. The monoisotopic (exact) mass is 408 g/mol. The molecule has 1 aliphatic heterocycles. The van der Waals surface area contributed by atoms with E-state index in [4.69, 9.17) is 4.74 Å². The number of fused-ring (bicyclic) bond motifs is 1. The lowest BCUT2D eigenvalue weighted by atomic mass is 9.81. The van der Waals surface area contributed by atoms with Crippen LogP contribution in [-0.2, 0) is 21.0 Å². The first-order valence-corrected chi connectivity index (χ1v) is 10.3. The molecule has 30 heavy (non-hydrogen) atoms. The van der Waals surface area contributed by atoms with Crippen molar-refractivity contribution in [2.24, 2.45) is 11.8 Å². The normalized spacial score (nSPS) is 20.7. The third-order valence-electron chi connectivity index (χ3n) is 5.67. The molecule has 1 saturated heterocycles. The van der Waals surface area contributed by atoms with Crippen LogP contribution >= 0.6 is 0 Å². The Morgan fingerprint density at radius 2 is 1.77 bits per heavy atom. The van der Waals surface area contributed by atoms with Crippen molar-refractivity contribution < 1.29 is 19.1 Å². The maximum absolute atomic E-state index is 12.5. The molecule has 2 fully saturated rings. The van der Waals surface area contributed by atoms with Gasteiger partial charge in [0.15, 0.2) is 11.6 Å². The molecule has 1 saturated carbocycles. The first-order valence-electron chi connectivity index (χ1n) is 10.3. The Balaban J connectivity index is 1.33. The number of carbonyl (C=O) groups is 3. The van der Waals surface area contributed by atoms with E-state index in [0.29, 0.717) is 18.2 Å². The minimum absolute atomic E-state index is 0.0251. The van der Waals surface area contributed by atoms with E-state index >= 15 is 0 Å². The minimum atomic E-state index is -0.321. The van der Waals surface area contributed by atoms with Crippen LogP contribution in [0.25, 0.3) is 0 Å². The first-order chi connectivity index (χ1) is 14.6. The van der Waals surface area contributed by atoms with Gasteiger partial charge in [-0.25, -0.2) is 4.98 Å². The van der Waals surface area contributed by atoms with E-state index in [9.17, 15) is 14.4 Å². The third-order valence-corrected chi connectivity index (χ3v) is 5.67. The number of rotatable bonds is 7. The van der Waals surface area contributed by atoms with Gasteiger partial charge in [0.1, 0.15) is 6.61 Å². The number of imide groups is 1. The summed E-state index contributed by atoms with van der Waals surface area (Å²) < 4.78 is 5.78. The van der Waals surface area contributed by atoms with Crippen LogP contribution in [0.1, 0.15) is 37.7 Å². The molecule has 2 aliphatic rings. The fraction of sp³-hybridized carbons (Fsp3) is 0.409. The highest BCUT2D eigenvalue weighted by Gasteiger charge is 2.47. The van der Waals surface area contributed by atoms with Crippen molar-refractivity contribution in [3.05, 3.63) is 48.4 Å². The van der Waals surface area contributed by atoms with Gasteiger partial charge in [-0.05, 0) is 42.7 Å². The number of likely N-dealkylation sites (tertiary alicyclic amines) is 1. The number of carbonyl (C=O) groups excluding carboxylic acids is 3. The molecule has 2 atom stereocenters. The van der Waals surface area contributed by atoms with Crippen molar-refractivity contribution in [3.8, 4) is 5.75 Å². The van der Waals surface area contributed by atoms with E-state index < -0.39 is 0 Å². The lowest BCUT2D eigenvalue weighted by Gasteiger charge is -2.19. The molecule has 1 N–H and O–H groups in total. The van der Waals surface area contributed by atoms with Gasteiger partial charge in [0.2, 0.25) is 17.7 Å². The van der Waals surface area contributed by atoms with Crippen molar-refractivity contribution in [2.75, 3.05) is 11.9 Å². The van der Waals surface area contributed by atoms with Crippen LogP contribution in [0.5, 0.6) is 5.75 Å². The summed E-state index contributed by atoms with van der Waals surface area (Å²) in [7, 11) is 0. The summed E-state index contributed by atoms with van der Waals surface area (Å²) in [6.45, 7) is 0.410. The van der Waals surface area contributed by atoms with Crippen LogP contribution in [0, 0.1) is 11.8 Å². The summed E-state index contributed by atoms with van der Waals surface area (Å²) in [6, 6.07) is 7.13. The Hall–Kier alpha value is -3.29. The molecule has 0 radical (unpaired) electrons. The lowest BCUT2D eigenvalue weighted by Crippen LogP contribution is -2.34. The number of nitrogens with one attached hydrogen (secondary N) is 1. The molecule has 2 aromatic heterocycles. The van der Waals surface area contributed by atoms with Crippen LogP contribution < -0.4 is 10.1 Å². The van der Waals surface area contributed by atoms with Gasteiger partial charge in [0.25, 0.3) is 0 Å². The van der Waals surface area contributed by atoms with Crippen LogP contribution in [0.3, 0.4) is 0 Å². The van der Waals surface area contributed by atoms with Gasteiger partial charge in [0.05, 0.1) is 11.8 Å². The highest BCUT2D eigenvalue weighted by Crippen LogP contribution is 2.38. The Morgan fingerprint density at radius 1 is 1.07 bits per heavy atom. The highest BCUT2D eigenvalue weighted by molar-refractivity contribution is 6.05. The maximum atomic E-state index is 12.5. The van der Waals surface area contributed by atoms with Gasteiger partial charge < -0.3 is 10.1 Å². The zero-order chi connectivity index (χ0) is 20.9. The molecule has 8 nitrogen and oxygen atoms in total. The summed E-state index contributed by atoms with van der Waals surface area (Å²) >= 11 is 0. The molecule has 4 rings (SSSR count). The van der Waals surface area contributed by atoms with Gasteiger partial charge in [0, 0.05) is 31.6 Å². The molecular formula is C22H24N4O4. The predicted molar refractivity (Wildman–Crippen MR) is 108 cm³/mol. The zero-order valence-corrected chi connectivity index (χ0v) is 16.6. The molecule has 2 aromatic rings. The number of hydrogen-bond acceptors (Lipinski definition) is 6. The van der Waals surface area contributed by atoms with Crippen LogP contribution in [0.4, 0.5) is 5.82 Å². The van der Waals surface area contributed by atoms with Crippen molar-refractivity contribution in [2.45, 2.75) is 38.7 Å². The molecule has 3 heterocycles. The molecule has 2 unspecified atom stereocenters. The van der Waals surface area contributed by atoms with Crippen molar-refractivity contribution in [3.63, 3.8) is 0 Å². The van der Waals surface area contributed by atoms with Gasteiger partial charge >= 0.3 is 0 Å². The lowest BCUT2D eigenvalue weighted by molar-refractivity contribution is -0.140. The molecule has 0 bridgehead atoms. The van der Waals surface area contributed by atoms with Crippen LogP contribution in [-0.4, -0.2) is 39.1 Å². The SMILES string of the molecule is O=C(CCN1C(=O)C2CCCCC2C1=O)Nc1ncccc1OCc1ccncc1. The topological polar surface area (TPSA) is 101 Å². The van der Waals surface area contributed by atoms with E-state index in [-0.39, 0.29) is 42.5 Å². The van der Waals surface area contributed by atoms with E-state index in [1.165, 1.54) is 4.90 Å². The van der Waals surface area contributed by atoms with E-state index in [0.717, 1.165) is 31.2 Å². The summed E-state index contributed by atoms with van der Waals surface area (Å²) in [5.41, 5.74) is 0.943. The summed E-state index contributed by atoms with van der Waals surface area (Å²) in [5, 5.41) is 2.73. The molecular weight excluding hydrogens is 384 g/mol. The quantitative estimate of drug-likeness (QED) is 0.707. The Kier molecular flexibility index (Phi) is 6.02. The molecule has 1 aliphatic carbocycles. The van der Waals surface area contributed by atoms with Crippen molar-refractivity contribution >= 4 is 23.5 Å². The van der Waals surface area contributed by atoms with Gasteiger partial charge in [-0.15, -0.1) is 0 Å². The summed E-state index contributed by atoms with van der Waals surface area (Å²) in [5.74, 6) is -0.214. The number of aromatic nitrogens is 2. The van der Waals surface area contributed by atoms with E-state index in [1.807, 2.05) is 12.1 Å². The molecule has 156 valence electrons. The molecule has 0 spiro atoms. The van der Waals surface area contributed by atoms with E-state index in [1.54, 1.807) is 30.7 Å². The van der Waals surface area contributed by atoms with Gasteiger partial charge in [-0.3, -0.25) is 24.3 Å². The number of ether oxygens (including phenoxy) is 1. The fourth-order valence-corrected chi connectivity index (χ4v) is 4.10. The number of pyridine rings is 2. The maximum Gasteiger partial charge on any atom is 0.233 e. The third kappa shape index (κ3) is 4.32. The number of amides is 3. The molecule has 8 heteroatoms. The second-order valence-electron chi connectivity index (χ2n) is 7.62. The second kappa shape index (κ2) is 9.02. The molecule has 3 amide bonds. The Labute approximate surface area is 174 Å². The standard InChI is InChI=1S/C22H24N4O4/c27-19(9-13-26-21(28)16-4-1-2-5-17(16)22(26)29)25-20-18(6-3-10-24-20)30-14-15-7-11-23-12-8-15/h3,6-8,10-12,16-17H,1-2,4-5,9,13-14H2,(H,24,25,27). The van der Waals surface area contributed by atoms with Crippen molar-refractivity contribution in [1.29, 1.82) is 0 Å².